The van der Waals surface area contributed by atoms with Crippen molar-refractivity contribution in [1.82, 2.24) is 34.9 Å². The third kappa shape index (κ3) is 5.00. The maximum atomic E-state index is 14.6. The number of fused-ring (bicyclic) bond motifs is 1. The van der Waals surface area contributed by atoms with Crippen LogP contribution in [0.5, 0.6) is 0 Å². The zero-order valence-electron chi connectivity index (χ0n) is 23.0. The summed E-state index contributed by atoms with van der Waals surface area (Å²) in [6.45, 7) is 8.01. The lowest BCUT2D eigenvalue weighted by Gasteiger charge is -2.42. The predicted molar refractivity (Wildman–Crippen MR) is 146 cm³/mol. The minimum absolute atomic E-state index is 0.0490. The fourth-order valence-corrected chi connectivity index (χ4v) is 6.71. The van der Waals surface area contributed by atoms with Crippen LogP contribution >= 0.6 is 0 Å². The molecule has 9 nitrogen and oxygen atoms in total. The first-order chi connectivity index (χ1) is 18.9. The summed E-state index contributed by atoms with van der Waals surface area (Å²) >= 11 is 0. The van der Waals surface area contributed by atoms with Crippen LogP contribution in [0.4, 0.5) is 8.78 Å². The van der Waals surface area contributed by atoms with Gasteiger partial charge >= 0.3 is 0 Å². The van der Waals surface area contributed by atoms with Crippen molar-refractivity contribution in [3.8, 4) is 17.2 Å². The molecule has 5 rings (SSSR count). The molecule has 4 aromatic rings. The van der Waals surface area contributed by atoms with Gasteiger partial charge in [-0.1, -0.05) is 33.8 Å². The maximum absolute atomic E-state index is 14.6. The third-order valence-corrected chi connectivity index (χ3v) is 8.87. The Bertz CT molecular complexity index is 1650. The smallest absolute Gasteiger partial charge is 0.229 e. The summed E-state index contributed by atoms with van der Waals surface area (Å²) in [5.41, 5.74) is 1.66. The molecule has 1 aliphatic carbocycles. The quantitative estimate of drug-likeness (QED) is 0.313. The van der Waals surface area contributed by atoms with E-state index in [1.54, 1.807) is 19.2 Å². The molecule has 0 N–H and O–H groups in total. The second-order valence-electron chi connectivity index (χ2n) is 11.0. The fraction of sp³-hybridized carbons (Fsp3) is 0.429. The monoisotopic (exact) mass is 567 g/mol. The van der Waals surface area contributed by atoms with Crippen LogP contribution in [0.2, 0.25) is 0 Å². The number of nitrogens with zero attached hydrogens (tertiary/aromatic N) is 7. The minimum Gasteiger partial charge on any atom is -0.229 e. The van der Waals surface area contributed by atoms with Crippen molar-refractivity contribution in [2.45, 2.75) is 57.8 Å². The Hall–Kier alpha value is -3.67. The second-order valence-corrected chi connectivity index (χ2v) is 13.2. The number of sulfone groups is 1. The van der Waals surface area contributed by atoms with Gasteiger partial charge in [0.05, 0.1) is 33.8 Å². The van der Waals surface area contributed by atoms with Gasteiger partial charge in [-0.3, -0.25) is 0 Å². The highest BCUT2D eigenvalue weighted by molar-refractivity contribution is 7.90. The molecule has 0 radical (unpaired) electrons. The van der Waals surface area contributed by atoms with Gasteiger partial charge < -0.3 is 0 Å². The van der Waals surface area contributed by atoms with Crippen molar-refractivity contribution < 1.29 is 17.2 Å². The SMILES string of the molecule is CC(C)[C@]1(c2ccnc(-n3cnc([C@H](C)CS(C)(=O)=O)n3)n2)CC[C@H](C)c2cc(-c3c(F)cccc3F)nnc21. The van der Waals surface area contributed by atoms with E-state index in [9.17, 15) is 17.2 Å². The third-order valence-electron chi connectivity index (χ3n) is 7.76. The molecule has 1 aliphatic rings. The van der Waals surface area contributed by atoms with Crippen LogP contribution in [0.3, 0.4) is 0 Å². The van der Waals surface area contributed by atoms with E-state index in [1.807, 2.05) is 6.07 Å². The second kappa shape index (κ2) is 10.4. The van der Waals surface area contributed by atoms with Gasteiger partial charge in [-0.2, -0.15) is 9.78 Å². The summed E-state index contributed by atoms with van der Waals surface area (Å²) in [5, 5.41) is 13.4. The molecule has 0 bridgehead atoms. The van der Waals surface area contributed by atoms with Gasteiger partial charge in [0.2, 0.25) is 0 Å². The lowest BCUT2D eigenvalue weighted by atomic mass is 9.62. The van der Waals surface area contributed by atoms with Crippen molar-refractivity contribution in [2.24, 2.45) is 5.92 Å². The first kappa shape index (κ1) is 27.9. The van der Waals surface area contributed by atoms with Crippen molar-refractivity contribution in [1.29, 1.82) is 0 Å². The number of rotatable bonds is 7. The molecule has 0 fully saturated rings. The van der Waals surface area contributed by atoms with Gasteiger partial charge in [0.25, 0.3) is 5.95 Å². The van der Waals surface area contributed by atoms with Gasteiger partial charge in [-0.25, -0.2) is 32.2 Å². The van der Waals surface area contributed by atoms with E-state index in [2.05, 4.69) is 46.0 Å². The molecular formula is C28H31F2N7O2S. The topological polar surface area (TPSA) is 116 Å². The summed E-state index contributed by atoms with van der Waals surface area (Å²) in [5.74, 6) is -1.01. The summed E-state index contributed by atoms with van der Waals surface area (Å²) < 4.78 is 54.1. The minimum atomic E-state index is -3.20. The average molecular weight is 568 g/mol. The van der Waals surface area contributed by atoms with E-state index < -0.39 is 32.8 Å². The maximum Gasteiger partial charge on any atom is 0.252 e. The molecule has 40 heavy (non-hydrogen) atoms. The molecule has 1 aromatic carbocycles. The molecule has 0 unspecified atom stereocenters. The molecule has 0 saturated carbocycles. The summed E-state index contributed by atoms with van der Waals surface area (Å²) in [6, 6.07) is 7.34. The predicted octanol–water partition coefficient (Wildman–Crippen LogP) is 4.78. The molecule has 0 aliphatic heterocycles. The Morgan fingerprint density at radius 2 is 1.82 bits per heavy atom. The van der Waals surface area contributed by atoms with E-state index >= 15 is 0 Å². The summed E-state index contributed by atoms with van der Waals surface area (Å²) in [6.07, 6.45) is 5.86. The first-order valence-electron chi connectivity index (χ1n) is 13.2. The average Bonchev–Trinajstić information content (AvgIpc) is 3.39. The zero-order valence-corrected chi connectivity index (χ0v) is 23.8. The highest BCUT2D eigenvalue weighted by Crippen LogP contribution is 2.50. The van der Waals surface area contributed by atoms with E-state index in [0.717, 1.165) is 29.8 Å². The van der Waals surface area contributed by atoms with Crippen LogP contribution < -0.4 is 0 Å². The number of benzene rings is 1. The van der Waals surface area contributed by atoms with Gasteiger partial charge in [0.15, 0.2) is 5.82 Å². The van der Waals surface area contributed by atoms with Gasteiger partial charge in [0.1, 0.15) is 27.8 Å². The standard InChI is InChI=1S/C28H31F2N7O2S/c1-16(2)28(23-10-12-31-27(33-23)37-15-32-26(36-37)18(4)14-40(5,38)39)11-9-17(3)19-13-22(34-35-25(19)28)24-20(29)7-6-8-21(24)30/h6-8,10,12-13,15-18H,9,11,14H2,1-5H3/t17-,18+,28-/m0/s1. The molecule has 3 heterocycles. The summed E-state index contributed by atoms with van der Waals surface area (Å²) in [7, 11) is -3.20. The fourth-order valence-electron chi connectivity index (χ4n) is 5.65. The van der Waals surface area contributed by atoms with Crippen LogP contribution in [-0.4, -0.2) is 55.4 Å². The van der Waals surface area contributed by atoms with E-state index in [0.29, 0.717) is 11.8 Å². The Morgan fingerprint density at radius 1 is 1.10 bits per heavy atom. The van der Waals surface area contributed by atoms with E-state index in [-0.39, 0.29) is 28.8 Å². The zero-order chi connectivity index (χ0) is 28.8. The van der Waals surface area contributed by atoms with Crippen molar-refractivity contribution in [3.63, 3.8) is 0 Å². The van der Waals surface area contributed by atoms with E-state index in [1.165, 1.54) is 35.5 Å². The number of hydrogen-bond donors (Lipinski definition) is 0. The number of aromatic nitrogens is 7. The molecule has 210 valence electrons. The van der Waals surface area contributed by atoms with Crippen molar-refractivity contribution in [3.05, 3.63) is 77.3 Å². The Labute approximate surface area is 232 Å². The van der Waals surface area contributed by atoms with E-state index in [4.69, 9.17) is 4.98 Å². The first-order valence-corrected chi connectivity index (χ1v) is 15.2. The number of hydrogen-bond acceptors (Lipinski definition) is 8. The van der Waals surface area contributed by atoms with Gasteiger partial charge in [-0.15, -0.1) is 10.2 Å². The molecule has 3 atom stereocenters. The molecule has 0 amide bonds. The molecule has 3 aromatic heterocycles. The normalized spacial score (nSPS) is 19.9. The molecular weight excluding hydrogens is 536 g/mol. The highest BCUT2D eigenvalue weighted by Gasteiger charge is 2.46. The largest absolute Gasteiger partial charge is 0.252 e. The van der Waals surface area contributed by atoms with Crippen LogP contribution in [-0.2, 0) is 15.3 Å². The van der Waals surface area contributed by atoms with Crippen LogP contribution in [0.1, 0.15) is 75.1 Å². The van der Waals surface area contributed by atoms with Crippen LogP contribution in [0.15, 0.2) is 42.9 Å². The van der Waals surface area contributed by atoms with Crippen LogP contribution in [0.25, 0.3) is 17.2 Å². The Kier molecular flexibility index (Phi) is 7.24. The van der Waals surface area contributed by atoms with Crippen LogP contribution in [0, 0.1) is 17.6 Å². The van der Waals surface area contributed by atoms with Crippen molar-refractivity contribution in [2.75, 3.05) is 12.0 Å². The van der Waals surface area contributed by atoms with Crippen molar-refractivity contribution >= 4 is 9.84 Å². The molecule has 0 spiro atoms. The molecule has 0 saturated heterocycles. The highest BCUT2D eigenvalue weighted by atomic mass is 32.2. The summed E-state index contributed by atoms with van der Waals surface area (Å²) in [4.78, 5) is 13.6. The molecule has 12 heteroatoms. The van der Waals surface area contributed by atoms with Gasteiger partial charge in [-0.05, 0) is 54.5 Å². The Balaban J connectivity index is 1.59. The number of halogens is 2. The Morgan fingerprint density at radius 3 is 2.50 bits per heavy atom. The van der Waals surface area contributed by atoms with Gasteiger partial charge in [0, 0.05) is 18.4 Å². The lowest BCUT2D eigenvalue weighted by Crippen LogP contribution is -2.40. The lowest BCUT2D eigenvalue weighted by molar-refractivity contribution is 0.286.